The fourth-order valence-electron chi connectivity index (χ4n) is 2.21. The molecule has 1 aliphatic heterocycles. The number of carbonyl (C=O) groups excluding carboxylic acids is 3. The lowest BCUT2D eigenvalue weighted by molar-refractivity contribution is -0.149. The number of imide groups is 2. The van der Waals surface area contributed by atoms with E-state index in [1.807, 2.05) is 10.6 Å². The van der Waals surface area contributed by atoms with Crippen molar-refractivity contribution in [3.8, 4) is 0 Å². The molecule has 3 N–H and O–H groups in total. The van der Waals surface area contributed by atoms with Crippen molar-refractivity contribution in [1.29, 1.82) is 0 Å². The molecule has 1 heterocycles. The number of allylic oxidation sites excluding steroid dienone is 1. The van der Waals surface area contributed by atoms with Crippen LogP contribution in [0.25, 0.3) is 0 Å². The fraction of sp³-hybridized carbons (Fsp3) is 0.500. The lowest BCUT2D eigenvalue weighted by atomic mass is 9.69. The number of carboxylic acids is 1. The number of aliphatic carboxylic acids is 1. The lowest BCUT2D eigenvalue weighted by Gasteiger charge is -2.37. The van der Waals surface area contributed by atoms with Crippen LogP contribution in [0.5, 0.6) is 0 Å². The minimum atomic E-state index is -1.48. The van der Waals surface area contributed by atoms with Crippen molar-refractivity contribution in [3.05, 3.63) is 12.7 Å². The Labute approximate surface area is 110 Å². The second-order valence-electron chi connectivity index (χ2n) is 4.53. The fourth-order valence-corrected chi connectivity index (χ4v) is 2.21. The Morgan fingerprint density at radius 2 is 1.89 bits per heavy atom. The molecule has 1 rings (SSSR count). The van der Waals surface area contributed by atoms with E-state index in [9.17, 15) is 19.2 Å². The van der Waals surface area contributed by atoms with Crippen molar-refractivity contribution in [2.24, 2.45) is 11.3 Å². The average molecular weight is 268 g/mol. The highest BCUT2D eigenvalue weighted by Crippen LogP contribution is 2.37. The van der Waals surface area contributed by atoms with Gasteiger partial charge in [-0.2, -0.15) is 0 Å². The SMILES string of the molecule is C=CCC1([C@H](C)CCC(=O)O)C(=O)NC(=O)NC1=O. The third-order valence-electron chi connectivity index (χ3n) is 3.36. The van der Waals surface area contributed by atoms with Crippen molar-refractivity contribution < 1.29 is 24.3 Å². The van der Waals surface area contributed by atoms with Crippen LogP contribution in [0.2, 0.25) is 0 Å². The number of urea groups is 1. The molecule has 4 amide bonds. The van der Waals surface area contributed by atoms with Gasteiger partial charge in [-0.3, -0.25) is 25.0 Å². The van der Waals surface area contributed by atoms with Gasteiger partial charge in [0.2, 0.25) is 11.8 Å². The maximum Gasteiger partial charge on any atom is 0.328 e. The minimum Gasteiger partial charge on any atom is -0.481 e. The maximum atomic E-state index is 12.0. The number of carboxylic acid groups (broad SMARTS) is 1. The molecule has 0 aromatic rings. The largest absolute Gasteiger partial charge is 0.481 e. The quantitative estimate of drug-likeness (QED) is 0.477. The zero-order chi connectivity index (χ0) is 14.6. The smallest absolute Gasteiger partial charge is 0.328 e. The Morgan fingerprint density at radius 3 is 2.32 bits per heavy atom. The van der Waals surface area contributed by atoms with Crippen LogP contribution in [-0.4, -0.2) is 28.9 Å². The van der Waals surface area contributed by atoms with Crippen LogP contribution in [0.15, 0.2) is 12.7 Å². The van der Waals surface area contributed by atoms with Crippen molar-refractivity contribution in [2.75, 3.05) is 0 Å². The second kappa shape index (κ2) is 5.64. The molecule has 0 spiro atoms. The monoisotopic (exact) mass is 268 g/mol. The summed E-state index contributed by atoms with van der Waals surface area (Å²) < 4.78 is 0. The zero-order valence-corrected chi connectivity index (χ0v) is 10.6. The summed E-state index contributed by atoms with van der Waals surface area (Å²) in [5, 5.41) is 12.8. The van der Waals surface area contributed by atoms with Gasteiger partial charge in [-0.15, -0.1) is 6.58 Å². The van der Waals surface area contributed by atoms with E-state index in [1.165, 1.54) is 6.08 Å². The van der Waals surface area contributed by atoms with E-state index in [2.05, 4.69) is 6.58 Å². The number of barbiturate groups is 1. The molecule has 1 saturated heterocycles. The van der Waals surface area contributed by atoms with Crippen LogP contribution < -0.4 is 10.6 Å². The predicted octanol–water partition coefficient (Wildman–Crippen LogP) is 0.416. The Kier molecular flexibility index (Phi) is 4.42. The number of rotatable bonds is 6. The van der Waals surface area contributed by atoms with Gasteiger partial charge in [0.05, 0.1) is 0 Å². The molecule has 1 atom stereocenters. The van der Waals surface area contributed by atoms with Gasteiger partial charge < -0.3 is 5.11 Å². The summed E-state index contributed by atoms with van der Waals surface area (Å²) in [6.07, 6.45) is 1.44. The summed E-state index contributed by atoms with van der Waals surface area (Å²) in [6.45, 7) is 5.12. The molecule has 19 heavy (non-hydrogen) atoms. The summed E-state index contributed by atoms with van der Waals surface area (Å²) in [4.78, 5) is 45.7. The molecule has 0 bridgehead atoms. The van der Waals surface area contributed by atoms with E-state index in [-0.39, 0.29) is 19.3 Å². The van der Waals surface area contributed by atoms with Gasteiger partial charge in [-0.1, -0.05) is 13.0 Å². The van der Waals surface area contributed by atoms with E-state index in [1.54, 1.807) is 6.92 Å². The van der Waals surface area contributed by atoms with Gasteiger partial charge in [0.1, 0.15) is 5.41 Å². The molecule has 104 valence electrons. The number of carbonyl (C=O) groups is 4. The standard InChI is InChI=1S/C12H16N2O5/c1-3-6-12(7(2)4-5-8(15)16)9(17)13-11(19)14-10(12)18/h3,7H,1,4-6H2,2H3,(H,15,16)(H2,13,14,17,18,19)/t7-/m1/s1. The maximum absolute atomic E-state index is 12.0. The summed E-state index contributed by atoms with van der Waals surface area (Å²) in [7, 11) is 0. The van der Waals surface area contributed by atoms with Crippen LogP contribution in [0.1, 0.15) is 26.2 Å². The highest BCUT2D eigenvalue weighted by atomic mass is 16.4. The molecular weight excluding hydrogens is 252 g/mol. The molecular formula is C12H16N2O5. The first-order valence-corrected chi connectivity index (χ1v) is 5.84. The third kappa shape index (κ3) is 2.81. The third-order valence-corrected chi connectivity index (χ3v) is 3.36. The molecule has 0 aliphatic carbocycles. The van der Waals surface area contributed by atoms with E-state index in [4.69, 9.17) is 5.11 Å². The molecule has 0 aromatic heterocycles. The van der Waals surface area contributed by atoms with Gasteiger partial charge >= 0.3 is 12.0 Å². The van der Waals surface area contributed by atoms with Crippen molar-refractivity contribution >= 4 is 23.8 Å². The molecule has 7 nitrogen and oxygen atoms in total. The molecule has 0 aromatic carbocycles. The van der Waals surface area contributed by atoms with Crippen LogP contribution in [-0.2, 0) is 14.4 Å². The number of nitrogens with one attached hydrogen (secondary N) is 2. The molecule has 7 heteroatoms. The van der Waals surface area contributed by atoms with Crippen LogP contribution in [0.3, 0.4) is 0 Å². The van der Waals surface area contributed by atoms with Crippen molar-refractivity contribution in [2.45, 2.75) is 26.2 Å². The summed E-state index contributed by atoms with van der Waals surface area (Å²) >= 11 is 0. The first kappa shape index (κ1) is 14.9. The molecule has 0 radical (unpaired) electrons. The van der Waals surface area contributed by atoms with Crippen LogP contribution in [0.4, 0.5) is 4.79 Å². The van der Waals surface area contributed by atoms with E-state index in [0.717, 1.165) is 0 Å². The Bertz CT molecular complexity index is 423. The minimum absolute atomic E-state index is 0.0404. The summed E-state index contributed by atoms with van der Waals surface area (Å²) in [5.74, 6) is -2.96. The number of amides is 4. The van der Waals surface area contributed by atoms with Gasteiger partial charge in [-0.25, -0.2) is 4.79 Å². The number of hydrogen-bond donors (Lipinski definition) is 3. The predicted molar refractivity (Wildman–Crippen MR) is 65.0 cm³/mol. The van der Waals surface area contributed by atoms with E-state index in [0.29, 0.717) is 0 Å². The van der Waals surface area contributed by atoms with E-state index >= 15 is 0 Å². The summed E-state index contributed by atoms with van der Waals surface area (Å²) in [6, 6.07) is -0.861. The van der Waals surface area contributed by atoms with Crippen LogP contribution in [0, 0.1) is 11.3 Å². The first-order valence-electron chi connectivity index (χ1n) is 5.84. The first-order chi connectivity index (χ1) is 8.84. The van der Waals surface area contributed by atoms with Crippen molar-refractivity contribution in [1.82, 2.24) is 10.6 Å². The van der Waals surface area contributed by atoms with Gasteiger partial charge in [-0.05, 0) is 18.8 Å². The Morgan fingerprint density at radius 1 is 1.37 bits per heavy atom. The average Bonchev–Trinajstić information content (AvgIpc) is 2.30. The molecule has 1 fully saturated rings. The summed E-state index contributed by atoms with van der Waals surface area (Å²) in [5.41, 5.74) is -1.48. The van der Waals surface area contributed by atoms with Gasteiger partial charge in [0.15, 0.2) is 0 Å². The van der Waals surface area contributed by atoms with Gasteiger partial charge in [0, 0.05) is 6.42 Å². The van der Waals surface area contributed by atoms with Crippen LogP contribution >= 0.6 is 0 Å². The van der Waals surface area contributed by atoms with Gasteiger partial charge in [0.25, 0.3) is 0 Å². The Balaban J connectivity index is 3.04. The highest BCUT2D eigenvalue weighted by Gasteiger charge is 2.52. The zero-order valence-electron chi connectivity index (χ0n) is 10.6. The molecule has 1 aliphatic rings. The molecule has 0 unspecified atom stereocenters. The topological polar surface area (TPSA) is 113 Å². The highest BCUT2D eigenvalue weighted by molar-refractivity contribution is 6.19. The normalized spacial score (nSPS) is 19.3. The second-order valence-corrected chi connectivity index (χ2v) is 4.53. The number of hydrogen-bond acceptors (Lipinski definition) is 4. The lowest BCUT2D eigenvalue weighted by Crippen LogP contribution is -2.64. The Hall–Kier alpha value is -2.18. The van der Waals surface area contributed by atoms with E-state index < -0.39 is 35.1 Å². The molecule has 0 saturated carbocycles. The van der Waals surface area contributed by atoms with Crippen molar-refractivity contribution in [3.63, 3.8) is 0 Å².